The molecule has 0 aromatic heterocycles. The average Bonchev–Trinajstić information content (AvgIpc) is 2.14. The fraction of sp³-hybridized carbons (Fsp3) is 1.00. The highest BCUT2D eigenvalue weighted by Gasteiger charge is 2.41. The van der Waals surface area contributed by atoms with Gasteiger partial charge in [-0.3, -0.25) is 0 Å². The van der Waals surface area contributed by atoms with Crippen LogP contribution in [0.25, 0.3) is 0 Å². The maximum Gasteiger partial charge on any atom is 0.330 e. The van der Waals surface area contributed by atoms with Crippen LogP contribution in [0.4, 0.5) is 17.6 Å². The van der Waals surface area contributed by atoms with Crippen molar-refractivity contribution in [1.29, 1.82) is 0 Å². The van der Waals surface area contributed by atoms with Crippen LogP contribution in [-0.4, -0.2) is 49.4 Å². The van der Waals surface area contributed by atoms with Crippen LogP contribution in [0.15, 0.2) is 0 Å². The number of alkyl halides is 4. The van der Waals surface area contributed by atoms with Gasteiger partial charge in [-0.15, -0.1) is 0 Å². The van der Waals surface area contributed by atoms with Crippen molar-refractivity contribution in [3.05, 3.63) is 0 Å². The maximum atomic E-state index is 12.3. The van der Waals surface area contributed by atoms with Gasteiger partial charge in [0.05, 0.1) is 12.7 Å². The van der Waals surface area contributed by atoms with Gasteiger partial charge < -0.3 is 15.2 Å². The van der Waals surface area contributed by atoms with Gasteiger partial charge in [0.25, 0.3) is 0 Å². The summed E-state index contributed by atoms with van der Waals surface area (Å²) in [6, 6.07) is 0.136. The first-order valence-electron chi connectivity index (χ1n) is 4.91. The van der Waals surface area contributed by atoms with Gasteiger partial charge >= 0.3 is 12.3 Å². The summed E-state index contributed by atoms with van der Waals surface area (Å²) in [4.78, 5) is 0. The zero-order valence-electron chi connectivity index (χ0n) is 9.22. The Balaban J connectivity index is 3.65. The fourth-order valence-corrected chi connectivity index (χ4v) is 0.825. The summed E-state index contributed by atoms with van der Waals surface area (Å²) < 4.78 is 52.4. The lowest BCUT2D eigenvalue weighted by atomic mass is 10.3. The van der Waals surface area contributed by atoms with Crippen LogP contribution in [0.1, 0.15) is 13.8 Å². The van der Waals surface area contributed by atoms with E-state index in [0.717, 1.165) is 0 Å². The standard InChI is InChI=1S/C9H17F4NO2/c1-6(2)14-3-7(15)4-16-5-9(12,13)8(10)11/h6-8,14-15H,3-5H2,1-2H3. The molecule has 1 unspecified atom stereocenters. The number of hydrogen-bond donors (Lipinski definition) is 2. The van der Waals surface area contributed by atoms with Gasteiger partial charge in [-0.25, -0.2) is 8.78 Å². The summed E-state index contributed by atoms with van der Waals surface area (Å²) >= 11 is 0. The van der Waals surface area contributed by atoms with E-state index in [0.29, 0.717) is 0 Å². The van der Waals surface area contributed by atoms with Crippen molar-refractivity contribution in [2.45, 2.75) is 38.3 Å². The highest BCUT2D eigenvalue weighted by Crippen LogP contribution is 2.22. The van der Waals surface area contributed by atoms with Gasteiger partial charge in [-0.2, -0.15) is 8.78 Å². The van der Waals surface area contributed by atoms with Crippen molar-refractivity contribution in [3.8, 4) is 0 Å². The third kappa shape index (κ3) is 6.97. The third-order valence-electron chi connectivity index (χ3n) is 1.69. The Bertz CT molecular complexity index is 190. The highest BCUT2D eigenvalue weighted by atomic mass is 19.3. The van der Waals surface area contributed by atoms with Crippen molar-refractivity contribution in [2.24, 2.45) is 0 Å². The van der Waals surface area contributed by atoms with Crippen molar-refractivity contribution in [1.82, 2.24) is 5.32 Å². The Morgan fingerprint density at radius 3 is 2.31 bits per heavy atom. The molecule has 0 saturated carbocycles. The molecule has 0 aromatic carbocycles. The number of ether oxygens (including phenoxy) is 1. The lowest BCUT2D eigenvalue weighted by molar-refractivity contribution is -0.170. The zero-order valence-corrected chi connectivity index (χ0v) is 9.22. The lowest BCUT2D eigenvalue weighted by Crippen LogP contribution is -2.37. The van der Waals surface area contributed by atoms with E-state index in [2.05, 4.69) is 10.1 Å². The number of halogens is 4. The van der Waals surface area contributed by atoms with Gasteiger partial charge in [0.15, 0.2) is 0 Å². The van der Waals surface area contributed by atoms with Gasteiger partial charge in [0.2, 0.25) is 0 Å². The molecule has 0 aliphatic carbocycles. The van der Waals surface area contributed by atoms with Crippen LogP contribution >= 0.6 is 0 Å². The Hall–Kier alpha value is -0.400. The first kappa shape index (κ1) is 15.6. The van der Waals surface area contributed by atoms with Crippen LogP contribution < -0.4 is 5.32 Å². The molecule has 0 radical (unpaired) electrons. The van der Waals surface area contributed by atoms with E-state index in [1.165, 1.54) is 0 Å². The molecule has 3 nitrogen and oxygen atoms in total. The molecule has 0 aromatic rings. The van der Waals surface area contributed by atoms with Gasteiger partial charge in [-0.05, 0) is 0 Å². The molecular formula is C9H17F4NO2. The Morgan fingerprint density at radius 1 is 1.31 bits per heavy atom. The summed E-state index contributed by atoms with van der Waals surface area (Å²) in [5, 5.41) is 12.1. The molecule has 7 heteroatoms. The zero-order chi connectivity index (χ0) is 12.8. The highest BCUT2D eigenvalue weighted by molar-refractivity contribution is 4.69. The molecule has 16 heavy (non-hydrogen) atoms. The van der Waals surface area contributed by atoms with Crippen LogP contribution in [0.3, 0.4) is 0 Å². The fourth-order valence-electron chi connectivity index (χ4n) is 0.825. The van der Waals surface area contributed by atoms with E-state index >= 15 is 0 Å². The number of aliphatic hydroxyl groups is 1. The second kappa shape index (κ2) is 7.03. The van der Waals surface area contributed by atoms with Crippen LogP contribution in [-0.2, 0) is 4.74 Å². The molecule has 0 saturated heterocycles. The smallest absolute Gasteiger partial charge is 0.330 e. The van der Waals surface area contributed by atoms with Gasteiger partial charge in [0.1, 0.15) is 6.61 Å². The number of hydrogen-bond acceptors (Lipinski definition) is 3. The summed E-state index contributed by atoms with van der Waals surface area (Å²) in [6.07, 6.45) is -4.74. The molecule has 98 valence electrons. The molecule has 0 fully saturated rings. The normalized spacial score (nSPS) is 14.8. The maximum absolute atomic E-state index is 12.3. The largest absolute Gasteiger partial charge is 0.389 e. The molecule has 0 heterocycles. The van der Waals surface area contributed by atoms with E-state index in [-0.39, 0.29) is 12.6 Å². The summed E-state index contributed by atoms with van der Waals surface area (Å²) in [6.45, 7) is 2.07. The summed E-state index contributed by atoms with van der Waals surface area (Å²) in [7, 11) is 0. The molecule has 0 rings (SSSR count). The van der Waals surface area contributed by atoms with Crippen molar-refractivity contribution < 1.29 is 27.4 Å². The molecule has 0 aliphatic heterocycles. The molecule has 2 N–H and O–H groups in total. The first-order chi connectivity index (χ1) is 7.25. The SMILES string of the molecule is CC(C)NCC(O)COCC(F)(F)C(F)F. The summed E-state index contributed by atoms with van der Waals surface area (Å²) in [5.41, 5.74) is 0. The average molecular weight is 247 g/mol. The first-order valence-corrected chi connectivity index (χ1v) is 4.91. The molecule has 0 spiro atoms. The van der Waals surface area contributed by atoms with E-state index in [9.17, 15) is 22.7 Å². The number of nitrogens with one attached hydrogen (secondary N) is 1. The van der Waals surface area contributed by atoms with Crippen molar-refractivity contribution in [2.75, 3.05) is 19.8 Å². The van der Waals surface area contributed by atoms with E-state index in [4.69, 9.17) is 0 Å². The minimum absolute atomic E-state index is 0.136. The van der Waals surface area contributed by atoms with Crippen LogP contribution in [0.2, 0.25) is 0 Å². The number of rotatable bonds is 8. The van der Waals surface area contributed by atoms with Crippen molar-refractivity contribution >= 4 is 0 Å². The molecule has 1 atom stereocenters. The Kier molecular flexibility index (Phi) is 6.85. The minimum atomic E-state index is -4.16. The predicted molar refractivity (Wildman–Crippen MR) is 50.9 cm³/mol. The van der Waals surface area contributed by atoms with Crippen LogP contribution in [0, 0.1) is 0 Å². The van der Waals surface area contributed by atoms with E-state index < -0.39 is 31.7 Å². The quantitative estimate of drug-likeness (QED) is 0.634. The third-order valence-corrected chi connectivity index (χ3v) is 1.69. The van der Waals surface area contributed by atoms with E-state index in [1.807, 2.05) is 13.8 Å². The molecular weight excluding hydrogens is 230 g/mol. The van der Waals surface area contributed by atoms with Gasteiger partial charge in [-0.1, -0.05) is 13.8 Å². The second-order valence-electron chi connectivity index (χ2n) is 3.79. The van der Waals surface area contributed by atoms with Gasteiger partial charge in [0, 0.05) is 12.6 Å². The molecule has 0 amide bonds. The minimum Gasteiger partial charge on any atom is -0.389 e. The summed E-state index contributed by atoms with van der Waals surface area (Å²) in [5.74, 6) is -4.16. The van der Waals surface area contributed by atoms with Crippen LogP contribution in [0.5, 0.6) is 0 Å². The predicted octanol–water partition coefficient (Wildman–Crippen LogP) is 1.26. The molecule has 0 aliphatic rings. The monoisotopic (exact) mass is 247 g/mol. The van der Waals surface area contributed by atoms with E-state index in [1.54, 1.807) is 0 Å². The number of aliphatic hydroxyl groups excluding tert-OH is 1. The van der Waals surface area contributed by atoms with Crippen molar-refractivity contribution in [3.63, 3.8) is 0 Å². The topological polar surface area (TPSA) is 41.5 Å². The second-order valence-corrected chi connectivity index (χ2v) is 3.79. The molecule has 0 bridgehead atoms. The Morgan fingerprint density at radius 2 is 1.88 bits per heavy atom. The Labute approximate surface area is 91.8 Å². The lowest BCUT2D eigenvalue weighted by Gasteiger charge is -2.18.